The summed E-state index contributed by atoms with van der Waals surface area (Å²) in [5.41, 5.74) is 0. The van der Waals surface area contributed by atoms with E-state index < -0.39 is 31.3 Å². The number of hydrogen-bond donors (Lipinski definition) is 1. The molecule has 1 atom stereocenters. The second-order valence-electron chi connectivity index (χ2n) is 4.82. The van der Waals surface area contributed by atoms with E-state index in [0.717, 1.165) is 12.8 Å². The number of aliphatic carboxylic acids is 1. The van der Waals surface area contributed by atoms with Gasteiger partial charge in [0, 0.05) is 19.7 Å². The summed E-state index contributed by atoms with van der Waals surface area (Å²) in [5, 5.41) is 8.66. The molecule has 0 aromatic carbocycles. The number of alkyl halides is 3. The highest BCUT2D eigenvalue weighted by Gasteiger charge is 2.36. The highest BCUT2D eigenvalue weighted by atomic mass is 19.4. The predicted octanol–water partition coefficient (Wildman–Crippen LogP) is 1.56. The van der Waals surface area contributed by atoms with E-state index in [1.165, 1.54) is 4.90 Å². The number of rotatable bonds is 6. The molecule has 0 aromatic heterocycles. The van der Waals surface area contributed by atoms with Crippen molar-refractivity contribution in [3.63, 3.8) is 0 Å². The van der Waals surface area contributed by atoms with Crippen molar-refractivity contribution < 1.29 is 32.6 Å². The van der Waals surface area contributed by atoms with Gasteiger partial charge < -0.3 is 19.6 Å². The van der Waals surface area contributed by atoms with Crippen LogP contribution in [0.25, 0.3) is 0 Å². The van der Waals surface area contributed by atoms with E-state index in [9.17, 15) is 22.8 Å². The van der Waals surface area contributed by atoms with Crippen LogP contribution in [0.15, 0.2) is 0 Å². The number of ether oxygens (including phenoxy) is 1. The van der Waals surface area contributed by atoms with E-state index >= 15 is 0 Å². The fourth-order valence-electron chi connectivity index (χ4n) is 2.15. The molecule has 0 radical (unpaired) electrons. The van der Waals surface area contributed by atoms with Gasteiger partial charge in [-0.05, 0) is 19.8 Å². The maximum absolute atomic E-state index is 12.5. The summed E-state index contributed by atoms with van der Waals surface area (Å²) in [7, 11) is 0. The monoisotopic (exact) mass is 312 g/mol. The van der Waals surface area contributed by atoms with Crippen molar-refractivity contribution in [3.05, 3.63) is 0 Å². The lowest BCUT2D eigenvalue weighted by molar-refractivity contribution is -0.149. The van der Waals surface area contributed by atoms with Crippen LogP contribution in [0.2, 0.25) is 0 Å². The first kappa shape index (κ1) is 17.5. The van der Waals surface area contributed by atoms with Crippen LogP contribution in [0.1, 0.15) is 19.8 Å². The fourth-order valence-corrected chi connectivity index (χ4v) is 2.15. The van der Waals surface area contributed by atoms with Gasteiger partial charge in [0.1, 0.15) is 13.1 Å². The molecule has 0 aromatic rings. The zero-order valence-corrected chi connectivity index (χ0v) is 11.7. The summed E-state index contributed by atoms with van der Waals surface area (Å²) in [6, 6.07) is -0.937. The lowest BCUT2D eigenvalue weighted by Gasteiger charge is -2.30. The summed E-state index contributed by atoms with van der Waals surface area (Å²) in [5.74, 6) is -1.49. The molecule has 2 amide bonds. The number of carboxylic acids is 1. The molecule has 6 nitrogen and oxygen atoms in total. The summed E-state index contributed by atoms with van der Waals surface area (Å²) < 4.78 is 42.7. The number of halogens is 3. The Kier molecular flexibility index (Phi) is 6.25. The molecule has 0 aliphatic carbocycles. The third-order valence-corrected chi connectivity index (χ3v) is 3.07. The molecule has 0 spiro atoms. The van der Waals surface area contributed by atoms with Crippen molar-refractivity contribution >= 4 is 12.0 Å². The fraction of sp³-hybridized carbons (Fsp3) is 0.833. The van der Waals surface area contributed by atoms with Crippen molar-refractivity contribution in [1.29, 1.82) is 0 Å². The first-order valence-corrected chi connectivity index (χ1v) is 6.67. The smallest absolute Gasteiger partial charge is 0.406 e. The van der Waals surface area contributed by atoms with Gasteiger partial charge in [-0.15, -0.1) is 0 Å². The SMILES string of the molecule is CCN(CC1CCCO1)C(=O)N(CC(=O)O)CC(F)(F)F. The maximum atomic E-state index is 12.5. The van der Waals surface area contributed by atoms with E-state index in [1.807, 2.05) is 0 Å². The molecule has 0 saturated carbocycles. The van der Waals surface area contributed by atoms with Gasteiger partial charge in [0.15, 0.2) is 0 Å². The minimum Gasteiger partial charge on any atom is -0.480 e. The molecule has 1 unspecified atom stereocenters. The Morgan fingerprint density at radius 2 is 2.00 bits per heavy atom. The van der Waals surface area contributed by atoms with Crippen molar-refractivity contribution in [2.75, 3.05) is 32.8 Å². The third-order valence-electron chi connectivity index (χ3n) is 3.07. The van der Waals surface area contributed by atoms with Gasteiger partial charge in [-0.25, -0.2) is 4.79 Å². The van der Waals surface area contributed by atoms with Gasteiger partial charge in [0.2, 0.25) is 0 Å². The van der Waals surface area contributed by atoms with Crippen LogP contribution in [0.3, 0.4) is 0 Å². The number of likely N-dealkylation sites (N-methyl/N-ethyl adjacent to an activating group) is 1. The van der Waals surface area contributed by atoms with Crippen LogP contribution in [0.4, 0.5) is 18.0 Å². The zero-order valence-electron chi connectivity index (χ0n) is 11.7. The first-order chi connectivity index (χ1) is 9.73. The van der Waals surface area contributed by atoms with Gasteiger partial charge in [0.25, 0.3) is 0 Å². The molecule has 1 aliphatic rings. The van der Waals surface area contributed by atoms with Crippen LogP contribution in [-0.4, -0.2) is 72.0 Å². The summed E-state index contributed by atoms with van der Waals surface area (Å²) in [6.45, 7) is -0.0201. The number of urea groups is 1. The first-order valence-electron chi connectivity index (χ1n) is 6.67. The summed E-state index contributed by atoms with van der Waals surface area (Å²) in [6.07, 6.45) is -3.26. The number of amides is 2. The van der Waals surface area contributed by atoms with Crippen molar-refractivity contribution in [3.8, 4) is 0 Å². The van der Waals surface area contributed by atoms with Crippen LogP contribution in [-0.2, 0) is 9.53 Å². The number of hydrogen-bond acceptors (Lipinski definition) is 3. The van der Waals surface area contributed by atoms with E-state index in [1.54, 1.807) is 6.92 Å². The molecule has 9 heteroatoms. The number of carboxylic acid groups (broad SMARTS) is 1. The Labute approximate surface area is 120 Å². The van der Waals surface area contributed by atoms with E-state index in [2.05, 4.69) is 0 Å². The van der Waals surface area contributed by atoms with Crippen LogP contribution in [0, 0.1) is 0 Å². The quantitative estimate of drug-likeness (QED) is 0.808. The van der Waals surface area contributed by atoms with Gasteiger partial charge in [-0.1, -0.05) is 0 Å². The molecule has 1 rings (SSSR count). The minimum absolute atomic E-state index is 0.170. The number of carbonyl (C=O) groups is 2. The molecule has 122 valence electrons. The topological polar surface area (TPSA) is 70.1 Å². The molecule has 21 heavy (non-hydrogen) atoms. The molecule has 1 heterocycles. The highest BCUT2D eigenvalue weighted by Crippen LogP contribution is 2.19. The Hall–Kier alpha value is -1.51. The normalized spacial score (nSPS) is 18.6. The Balaban J connectivity index is 2.72. The van der Waals surface area contributed by atoms with E-state index in [4.69, 9.17) is 9.84 Å². The van der Waals surface area contributed by atoms with Crippen molar-refractivity contribution in [2.24, 2.45) is 0 Å². The minimum atomic E-state index is -4.64. The molecule has 1 N–H and O–H groups in total. The van der Waals surface area contributed by atoms with E-state index in [0.29, 0.717) is 11.5 Å². The number of nitrogens with zero attached hydrogens (tertiary/aromatic N) is 2. The molecular weight excluding hydrogens is 293 g/mol. The molecule has 1 fully saturated rings. The molecule has 1 aliphatic heterocycles. The van der Waals surface area contributed by atoms with Gasteiger partial charge >= 0.3 is 18.2 Å². The zero-order chi connectivity index (χ0) is 16.0. The van der Waals surface area contributed by atoms with E-state index in [-0.39, 0.29) is 19.2 Å². The average molecular weight is 312 g/mol. The number of carbonyl (C=O) groups excluding carboxylic acids is 1. The van der Waals surface area contributed by atoms with Gasteiger partial charge in [0.05, 0.1) is 6.10 Å². The van der Waals surface area contributed by atoms with Crippen molar-refractivity contribution in [1.82, 2.24) is 9.80 Å². The summed E-state index contributed by atoms with van der Waals surface area (Å²) >= 11 is 0. The van der Waals surface area contributed by atoms with Gasteiger partial charge in [-0.3, -0.25) is 4.79 Å². The molecular formula is C12H19F3N2O4. The third kappa shape index (κ3) is 6.19. The lowest BCUT2D eigenvalue weighted by atomic mass is 10.2. The second-order valence-corrected chi connectivity index (χ2v) is 4.82. The lowest BCUT2D eigenvalue weighted by Crippen LogP contribution is -2.50. The second kappa shape index (κ2) is 7.48. The Bertz CT molecular complexity index is 370. The van der Waals surface area contributed by atoms with Crippen LogP contribution in [0.5, 0.6) is 0 Å². The Morgan fingerprint density at radius 3 is 2.43 bits per heavy atom. The van der Waals surface area contributed by atoms with Gasteiger partial charge in [-0.2, -0.15) is 13.2 Å². The standard InChI is InChI=1S/C12H19F3N2O4/c1-2-16(6-9-4-3-5-21-9)11(20)17(7-10(18)19)8-12(13,14)15/h9H,2-8H2,1H3,(H,18,19). The molecule has 1 saturated heterocycles. The van der Waals surface area contributed by atoms with Crippen molar-refractivity contribution in [2.45, 2.75) is 32.0 Å². The maximum Gasteiger partial charge on any atom is 0.406 e. The molecule has 0 bridgehead atoms. The van der Waals surface area contributed by atoms with Crippen LogP contribution >= 0.6 is 0 Å². The Morgan fingerprint density at radius 1 is 1.33 bits per heavy atom. The van der Waals surface area contributed by atoms with Crippen LogP contribution < -0.4 is 0 Å². The summed E-state index contributed by atoms with van der Waals surface area (Å²) in [4.78, 5) is 24.2. The largest absolute Gasteiger partial charge is 0.480 e. The predicted molar refractivity (Wildman–Crippen MR) is 66.9 cm³/mol. The highest BCUT2D eigenvalue weighted by molar-refractivity contribution is 5.80. The average Bonchev–Trinajstić information content (AvgIpc) is 2.84.